The third kappa shape index (κ3) is 5.92. The molecule has 0 unspecified atom stereocenters. The molecule has 0 saturated carbocycles. The highest BCUT2D eigenvalue weighted by Crippen LogP contribution is 2.25. The number of phenolic OH excluding ortho intramolecular Hbond substituents is 2. The third-order valence-corrected chi connectivity index (χ3v) is 4.22. The predicted octanol–water partition coefficient (Wildman–Crippen LogP) is 2.45. The molecule has 2 aromatic carbocycles. The van der Waals surface area contributed by atoms with E-state index in [0.29, 0.717) is 19.5 Å². The molecule has 0 aliphatic carbocycles. The van der Waals surface area contributed by atoms with Gasteiger partial charge in [-0.2, -0.15) is 0 Å². The van der Waals surface area contributed by atoms with Gasteiger partial charge in [0, 0.05) is 30.6 Å². The number of aromatic amines is 1. The summed E-state index contributed by atoms with van der Waals surface area (Å²) in [6.45, 7) is 2.72. The zero-order valence-corrected chi connectivity index (χ0v) is 16.2. The van der Waals surface area contributed by atoms with Crippen LogP contribution >= 0.6 is 0 Å². The average molecular weight is 385 g/mol. The maximum atomic E-state index is 10.8. The molecule has 7 nitrogen and oxygen atoms in total. The van der Waals surface area contributed by atoms with Crippen molar-refractivity contribution in [3.63, 3.8) is 0 Å². The number of amides is 1. The Labute approximate surface area is 164 Å². The van der Waals surface area contributed by atoms with E-state index in [1.165, 1.54) is 24.6 Å². The normalized spacial score (nSPS) is 10.2. The summed E-state index contributed by atoms with van der Waals surface area (Å²) in [5.41, 5.74) is 8.51. The van der Waals surface area contributed by atoms with Crippen molar-refractivity contribution in [3.05, 3.63) is 53.7 Å². The van der Waals surface area contributed by atoms with Crippen LogP contribution in [-0.4, -0.2) is 41.3 Å². The first-order chi connectivity index (χ1) is 13.4. The molecular formula is C21H27N3O4. The molecule has 0 bridgehead atoms. The van der Waals surface area contributed by atoms with E-state index in [1.54, 1.807) is 13.2 Å². The number of benzene rings is 2. The lowest BCUT2D eigenvalue weighted by Crippen LogP contribution is -2.22. The molecule has 0 saturated heterocycles. The van der Waals surface area contributed by atoms with Crippen molar-refractivity contribution in [3.8, 4) is 17.2 Å². The predicted molar refractivity (Wildman–Crippen MR) is 110 cm³/mol. The molecule has 0 aliphatic heterocycles. The highest BCUT2D eigenvalue weighted by atomic mass is 16.5. The number of methoxy groups -OCH3 is 1. The van der Waals surface area contributed by atoms with Crippen molar-refractivity contribution >= 4 is 16.8 Å². The fraction of sp³-hybridized carbons (Fsp3) is 0.286. The minimum absolute atomic E-state index is 0.00224. The number of H-pyrrole nitrogens is 1. The molecule has 7 heteroatoms. The number of rotatable bonds is 6. The SMILES string of the molecule is COc1ccc2[nH]cc(CCNC(C)=O)c2c1.NCCc1ccc(O)c(O)c1. The van der Waals surface area contributed by atoms with Crippen molar-refractivity contribution in [1.82, 2.24) is 10.3 Å². The van der Waals surface area contributed by atoms with Gasteiger partial charge in [0.05, 0.1) is 7.11 Å². The van der Waals surface area contributed by atoms with Crippen LogP contribution in [0.3, 0.4) is 0 Å². The third-order valence-electron chi connectivity index (χ3n) is 4.22. The van der Waals surface area contributed by atoms with Gasteiger partial charge in [-0.05, 0) is 60.8 Å². The number of phenols is 2. The van der Waals surface area contributed by atoms with E-state index < -0.39 is 0 Å². The number of aromatic nitrogens is 1. The average Bonchev–Trinajstić information content (AvgIpc) is 3.07. The van der Waals surface area contributed by atoms with Crippen LogP contribution in [0.5, 0.6) is 17.2 Å². The lowest BCUT2D eigenvalue weighted by molar-refractivity contribution is -0.118. The van der Waals surface area contributed by atoms with E-state index in [-0.39, 0.29) is 17.4 Å². The van der Waals surface area contributed by atoms with Crippen LogP contribution in [0, 0.1) is 0 Å². The lowest BCUT2D eigenvalue weighted by Gasteiger charge is -2.03. The van der Waals surface area contributed by atoms with E-state index in [4.69, 9.17) is 20.7 Å². The van der Waals surface area contributed by atoms with E-state index in [9.17, 15) is 4.79 Å². The van der Waals surface area contributed by atoms with Gasteiger partial charge in [0.25, 0.3) is 0 Å². The van der Waals surface area contributed by atoms with E-state index in [0.717, 1.165) is 28.6 Å². The summed E-state index contributed by atoms with van der Waals surface area (Å²) in [7, 11) is 1.66. The van der Waals surface area contributed by atoms with Gasteiger partial charge in [-0.25, -0.2) is 0 Å². The van der Waals surface area contributed by atoms with Gasteiger partial charge < -0.3 is 31.0 Å². The van der Waals surface area contributed by atoms with Crippen LogP contribution < -0.4 is 15.8 Å². The van der Waals surface area contributed by atoms with Crippen LogP contribution in [0.2, 0.25) is 0 Å². The molecule has 1 amide bonds. The lowest BCUT2D eigenvalue weighted by atomic mass is 10.1. The van der Waals surface area contributed by atoms with Gasteiger partial charge in [-0.15, -0.1) is 0 Å². The summed E-state index contributed by atoms with van der Waals surface area (Å²) < 4.78 is 5.21. The molecule has 3 rings (SSSR count). The summed E-state index contributed by atoms with van der Waals surface area (Å²) in [4.78, 5) is 14.0. The Morgan fingerprint density at radius 1 is 1.14 bits per heavy atom. The summed E-state index contributed by atoms with van der Waals surface area (Å²) in [5, 5.41) is 21.9. The van der Waals surface area contributed by atoms with E-state index in [1.807, 2.05) is 24.4 Å². The van der Waals surface area contributed by atoms with E-state index >= 15 is 0 Å². The number of ether oxygens (including phenoxy) is 1. The Kier molecular flexibility index (Phi) is 7.71. The molecule has 0 spiro atoms. The molecule has 150 valence electrons. The van der Waals surface area contributed by atoms with Gasteiger partial charge in [0.1, 0.15) is 5.75 Å². The van der Waals surface area contributed by atoms with Crippen LogP contribution in [0.1, 0.15) is 18.1 Å². The minimum atomic E-state index is -0.0919. The zero-order chi connectivity index (χ0) is 20.5. The minimum Gasteiger partial charge on any atom is -0.504 e. The quantitative estimate of drug-likeness (QED) is 0.418. The highest BCUT2D eigenvalue weighted by Gasteiger charge is 2.05. The second-order valence-electron chi connectivity index (χ2n) is 6.32. The van der Waals surface area contributed by atoms with Crippen LogP contribution in [0.25, 0.3) is 10.9 Å². The monoisotopic (exact) mass is 385 g/mol. The second kappa shape index (κ2) is 10.2. The topological polar surface area (TPSA) is 121 Å². The maximum Gasteiger partial charge on any atom is 0.216 e. The number of carbonyl (C=O) groups excluding carboxylic acids is 1. The fourth-order valence-electron chi connectivity index (χ4n) is 2.76. The molecule has 0 atom stereocenters. The molecular weight excluding hydrogens is 358 g/mol. The number of hydrogen-bond acceptors (Lipinski definition) is 5. The summed E-state index contributed by atoms with van der Waals surface area (Å²) in [6, 6.07) is 10.6. The molecule has 1 heterocycles. The Morgan fingerprint density at radius 3 is 2.57 bits per heavy atom. The fourth-order valence-corrected chi connectivity index (χ4v) is 2.76. The number of nitrogens with two attached hydrogens (primary N) is 1. The van der Waals surface area contributed by atoms with Gasteiger partial charge in [-0.1, -0.05) is 6.07 Å². The smallest absolute Gasteiger partial charge is 0.216 e. The highest BCUT2D eigenvalue weighted by molar-refractivity contribution is 5.84. The Hall–Kier alpha value is -3.19. The van der Waals surface area contributed by atoms with Crippen molar-refractivity contribution in [2.45, 2.75) is 19.8 Å². The molecule has 6 N–H and O–H groups in total. The Bertz CT molecular complexity index is 921. The van der Waals surface area contributed by atoms with Crippen LogP contribution in [0.15, 0.2) is 42.6 Å². The summed E-state index contributed by atoms with van der Waals surface area (Å²) >= 11 is 0. The van der Waals surface area contributed by atoms with Gasteiger partial charge in [-0.3, -0.25) is 4.79 Å². The van der Waals surface area contributed by atoms with Crippen molar-refractivity contribution in [2.24, 2.45) is 5.73 Å². The van der Waals surface area contributed by atoms with E-state index in [2.05, 4.69) is 10.3 Å². The first kappa shape index (κ1) is 21.1. The van der Waals surface area contributed by atoms with Crippen molar-refractivity contribution in [2.75, 3.05) is 20.2 Å². The Balaban J connectivity index is 0.000000221. The number of aromatic hydroxyl groups is 2. The summed E-state index contributed by atoms with van der Waals surface area (Å²) in [5.74, 6) is 0.669. The molecule has 3 aromatic rings. The first-order valence-electron chi connectivity index (χ1n) is 9.04. The first-order valence-corrected chi connectivity index (χ1v) is 9.04. The van der Waals surface area contributed by atoms with Crippen molar-refractivity contribution < 1.29 is 19.7 Å². The van der Waals surface area contributed by atoms with Gasteiger partial charge >= 0.3 is 0 Å². The van der Waals surface area contributed by atoms with Crippen molar-refractivity contribution in [1.29, 1.82) is 0 Å². The summed E-state index contributed by atoms with van der Waals surface area (Å²) in [6.07, 6.45) is 3.51. The second-order valence-corrected chi connectivity index (χ2v) is 6.32. The molecule has 0 radical (unpaired) electrons. The van der Waals surface area contributed by atoms with Crippen LogP contribution in [-0.2, 0) is 17.6 Å². The number of fused-ring (bicyclic) bond motifs is 1. The molecule has 28 heavy (non-hydrogen) atoms. The number of hydrogen-bond donors (Lipinski definition) is 5. The maximum absolute atomic E-state index is 10.8. The molecule has 1 aromatic heterocycles. The molecule has 0 fully saturated rings. The number of carbonyl (C=O) groups is 1. The van der Waals surface area contributed by atoms with Gasteiger partial charge in [0.2, 0.25) is 5.91 Å². The molecule has 0 aliphatic rings. The van der Waals surface area contributed by atoms with Crippen LogP contribution in [0.4, 0.5) is 0 Å². The largest absolute Gasteiger partial charge is 0.504 e. The number of nitrogens with one attached hydrogen (secondary N) is 2. The Morgan fingerprint density at radius 2 is 1.93 bits per heavy atom. The zero-order valence-electron chi connectivity index (χ0n) is 16.2. The standard InChI is InChI=1S/C13H16N2O2.C8H11NO2/c1-9(16)14-6-5-10-8-15-13-4-3-11(17-2)7-12(10)13;9-4-3-6-1-2-7(10)8(11)5-6/h3-4,7-8,15H,5-6H2,1-2H3,(H,14,16);1-2,5,10-11H,3-4,9H2. The van der Waals surface area contributed by atoms with Gasteiger partial charge in [0.15, 0.2) is 11.5 Å².